The van der Waals surface area contributed by atoms with Crippen molar-refractivity contribution >= 4 is 11.6 Å². The lowest BCUT2D eigenvalue weighted by Gasteiger charge is -2.06. The van der Waals surface area contributed by atoms with Crippen LogP contribution in [0.1, 0.15) is 21.9 Å². The van der Waals surface area contributed by atoms with Crippen molar-refractivity contribution in [1.29, 1.82) is 0 Å². The van der Waals surface area contributed by atoms with E-state index in [0.29, 0.717) is 18.1 Å². The summed E-state index contributed by atoms with van der Waals surface area (Å²) in [5, 5.41) is 6.94. The molecule has 2 heterocycles. The molecular weight excluding hydrogens is 266 g/mol. The maximum Gasteiger partial charge on any atom is 0.291 e. The van der Waals surface area contributed by atoms with Gasteiger partial charge in [-0.3, -0.25) is 9.48 Å². The molecule has 0 aliphatic carbocycles. The van der Waals surface area contributed by atoms with Crippen LogP contribution >= 0.6 is 0 Å². The SMILES string of the molecule is Cc1ccccc1NC(=O)c1ccc(Cn2cccn2)o1. The molecule has 0 unspecified atom stereocenters. The number of aryl methyl sites for hydroxylation is 1. The number of anilines is 1. The number of aromatic nitrogens is 2. The van der Waals surface area contributed by atoms with Crippen LogP contribution in [0.4, 0.5) is 5.69 Å². The van der Waals surface area contributed by atoms with Gasteiger partial charge in [-0.05, 0) is 36.8 Å². The zero-order chi connectivity index (χ0) is 14.7. The van der Waals surface area contributed by atoms with Gasteiger partial charge in [0.15, 0.2) is 5.76 Å². The van der Waals surface area contributed by atoms with Gasteiger partial charge in [0.1, 0.15) is 5.76 Å². The molecule has 3 aromatic rings. The summed E-state index contributed by atoms with van der Waals surface area (Å²) in [6.45, 7) is 2.45. The molecule has 0 aliphatic heterocycles. The van der Waals surface area contributed by atoms with Crippen molar-refractivity contribution in [3.05, 3.63) is 71.9 Å². The number of furan rings is 1. The van der Waals surface area contributed by atoms with Crippen molar-refractivity contribution in [3.63, 3.8) is 0 Å². The lowest BCUT2D eigenvalue weighted by atomic mass is 10.2. The Morgan fingerprint density at radius 3 is 2.86 bits per heavy atom. The molecule has 1 N–H and O–H groups in total. The zero-order valence-corrected chi connectivity index (χ0v) is 11.6. The Bertz CT molecular complexity index is 744. The van der Waals surface area contributed by atoms with Crippen molar-refractivity contribution in [2.75, 3.05) is 5.32 Å². The van der Waals surface area contributed by atoms with E-state index in [1.807, 2.05) is 43.5 Å². The van der Waals surface area contributed by atoms with Crippen LogP contribution in [0.2, 0.25) is 0 Å². The molecule has 0 saturated carbocycles. The Morgan fingerprint density at radius 2 is 2.10 bits per heavy atom. The number of rotatable bonds is 4. The average Bonchev–Trinajstić information content (AvgIpc) is 3.13. The van der Waals surface area contributed by atoms with Crippen molar-refractivity contribution in [2.24, 2.45) is 0 Å². The molecule has 0 atom stereocenters. The van der Waals surface area contributed by atoms with Crippen LogP contribution in [-0.2, 0) is 6.54 Å². The number of para-hydroxylation sites is 1. The summed E-state index contributed by atoms with van der Waals surface area (Å²) >= 11 is 0. The lowest BCUT2D eigenvalue weighted by molar-refractivity contribution is 0.0994. The van der Waals surface area contributed by atoms with Crippen LogP contribution in [0.15, 0.2) is 59.3 Å². The van der Waals surface area contributed by atoms with Gasteiger partial charge in [-0.25, -0.2) is 0 Å². The first-order valence-electron chi connectivity index (χ1n) is 6.65. The molecule has 0 fully saturated rings. The van der Waals surface area contributed by atoms with Crippen LogP contribution in [0, 0.1) is 6.92 Å². The second-order valence-corrected chi connectivity index (χ2v) is 4.74. The number of nitrogens with zero attached hydrogens (tertiary/aromatic N) is 2. The summed E-state index contributed by atoms with van der Waals surface area (Å²) in [7, 11) is 0. The minimum absolute atomic E-state index is 0.254. The summed E-state index contributed by atoms with van der Waals surface area (Å²) in [6.07, 6.45) is 3.55. The van der Waals surface area contributed by atoms with Gasteiger partial charge in [0.05, 0.1) is 6.54 Å². The molecule has 5 heteroatoms. The van der Waals surface area contributed by atoms with E-state index in [-0.39, 0.29) is 5.91 Å². The Balaban J connectivity index is 1.71. The number of carbonyl (C=O) groups is 1. The van der Waals surface area contributed by atoms with Gasteiger partial charge in [0, 0.05) is 18.1 Å². The molecule has 1 aromatic carbocycles. The predicted octanol–water partition coefficient (Wildman–Crippen LogP) is 3.09. The molecule has 5 nitrogen and oxygen atoms in total. The second-order valence-electron chi connectivity index (χ2n) is 4.74. The zero-order valence-electron chi connectivity index (χ0n) is 11.6. The first-order chi connectivity index (χ1) is 10.2. The molecule has 3 rings (SSSR count). The van der Waals surface area contributed by atoms with E-state index in [1.54, 1.807) is 23.0 Å². The normalized spacial score (nSPS) is 10.5. The van der Waals surface area contributed by atoms with Crippen LogP contribution in [0.5, 0.6) is 0 Å². The van der Waals surface area contributed by atoms with Gasteiger partial charge in [0.2, 0.25) is 0 Å². The summed E-state index contributed by atoms with van der Waals surface area (Å²) in [4.78, 5) is 12.2. The van der Waals surface area contributed by atoms with Crippen LogP contribution in [0.25, 0.3) is 0 Å². The molecule has 106 valence electrons. The third-order valence-corrected chi connectivity index (χ3v) is 3.16. The second kappa shape index (κ2) is 5.66. The molecule has 0 spiro atoms. The van der Waals surface area contributed by atoms with Crippen molar-refractivity contribution in [3.8, 4) is 0 Å². The first-order valence-corrected chi connectivity index (χ1v) is 6.65. The molecule has 0 radical (unpaired) electrons. The molecule has 2 aromatic heterocycles. The van der Waals surface area contributed by atoms with Crippen molar-refractivity contribution < 1.29 is 9.21 Å². The number of benzene rings is 1. The van der Waals surface area contributed by atoms with E-state index in [4.69, 9.17) is 4.42 Å². The number of nitrogens with one attached hydrogen (secondary N) is 1. The monoisotopic (exact) mass is 281 g/mol. The quantitative estimate of drug-likeness (QED) is 0.799. The highest BCUT2D eigenvalue weighted by Crippen LogP contribution is 2.16. The first kappa shape index (κ1) is 13.2. The number of hydrogen-bond acceptors (Lipinski definition) is 3. The smallest absolute Gasteiger partial charge is 0.291 e. The lowest BCUT2D eigenvalue weighted by Crippen LogP contribution is -2.11. The highest BCUT2D eigenvalue weighted by molar-refractivity contribution is 6.02. The minimum atomic E-state index is -0.254. The van der Waals surface area contributed by atoms with Gasteiger partial charge in [-0.1, -0.05) is 18.2 Å². The maximum atomic E-state index is 12.2. The van der Waals surface area contributed by atoms with Gasteiger partial charge >= 0.3 is 0 Å². The van der Waals surface area contributed by atoms with E-state index < -0.39 is 0 Å². The predicted molar refractivity (Wildman–Crippen MR) is 79.2 cm³/mol. The Morgan fingerprint density at radius 1 is 1.24 bits per heavy atom. The Kier molecular flexibility index (Phi) is 3.55. The third-order valence-electron chi connectivity index (χ3n) is 3.16. The van der Waals surface area contributed by atoms with Gasteiger partial charge < -0.3 is 9.73 Å². The minimum Gasteiger partial charge on any atom is -0.454 e. The van der Waals surface area contributed by atoms with E-state index in [2.05, 4.69) is 10.4 Å². The molecular formula is C16H15N3O2. The Hall–Kier alpha value is -2.82. The van der Waals surface area contributed by atoms with Gasteiger partial charge in [-0.15, -0.1) is 0 Å². The number of carbonyl (C=O) groups excluding carboxylic acids is 1. The summed E-state index contributed by atoms with van der Waals surface area (Å²) in [5.41, 5.74) is 1.79. The highest BCUT2D eigenvalue weighted by atomic mass is 16.4. The molecule has 0 aliphatic rings. The van der Waals surface area contributed by atoms with Crippen LogP contribution in [-0.4, -0.2) is 15.7 Å². The third kappa shape index (κ3) is 3.02. The van der Waals surface area contributed by atoms with E-state index in [9.17, 15) is 4.79 Å². The summed E-state index contributed by atoms with van der Waals surface area (Å²) in [6, 6.07) is 12.9. The molecule has 1 amide bonds. The number of hydrogen-bond donors (Lipinski definition) is 1. The topological polar surface area (TPSA) is 60.1 Å². The van der Waals surface area contributed by atoms with E-state index in [0.717, 1.165) is 11.3 Å². The van der Waals surface area contributed by atoms with Crippen molar-refractivity contribution in [2.45, 2.75) is 13.5 Å². The van der Waals surface area contributed by atoms with Crippen molar-refractivity contribution in [1.82, 2.24) is 9.78 Å². The van der Waals surface area contributed by atoms with E-state index >= 15 is 0 Å². The van der Waals surface area contributed by atoms with Crippen LogP contribution < -0.4 is 5.32 Å². The summed E-state index contributed by atoms with van der Waals surface area (Å²) in [5.74, 6) is 0.727. The fraction of sp³-hybridized carbons (Fsp3) is 0.125. The van der Waals surface area contributed by atoms with Crippen LogP contribution in [0.3, 0.4) is 0 Å². The fourth-order valence-electron chi connectivity index (χ4n) is 2.04. The van der Waals surface area contributed by atoms with Gasteiger partial charge in [0.25, 0.3) is 5.91 Å². The maximum absolute atomic E-state index is 12.2. The molecule has 0 saturated heterocycles. The molecule has 21 heavy (non-hydrogen) atoms. The number of amides is 1. The average molecular weight is 281 g/mol. The molecule has 0 bridgehead atoms. The van der Waals surface area contributed by atoms with Gasteiger partial charge in [-0.2, -0.15) is 5.10 Å². The Labute approximate surface area is 122 Å². The largest absolute Gasteiger partial charge is 0.454 e. The standard InChI is InChI=1S/C16H15N3O2/c1-12-5-2-3-6-14(12)18-16(20)15-8-7-13(21-15)11-19-10-4-9-17-19/h2-10H,11H2,1H3,(H,18,20). The highest BCUT2D eigenvalue weighted by Gasteiger charge is 2.12. The van der Waals surface area contributed by atoms with E-state index in [1.165, 1.54) is 0 Å². The summed E-state index contributed by atoms with van der Waals surface area (Å²) < 4.78 is 7.30. The fourth-order valence-corrected chi connectivity index (χ4v) is 2.04.